The molecule has 2 nitrogen and oxygen atoms in total. The minimum atomic E-state index is 0.639. The van der Waals surface area contributed by atoms with Gasteiger partial charge in [0.25, 0.3) is 0 Å². The molecule has 2 heteroatoms. The zero-order valence-corrected chi connectivity index (χ0v) is 11.1. The number of likely N-dealkylation sites (tertiary alicyclic amines) is 1. The Hall–Kier alpha value is -0.0800. The van der Waals surface area contributed by atoms with E-state index in [2.05, 4.69) is 45.0 Å². The van der Waals surface area contributed by atoms with Crippen molar-refractivity contribution in [3.63, 3.8) is 0 Å². The molecule has 0 amide bonds. The van der Waals surface area contributed by atoms with Crippen LogP contribution in [0.15, 0.2) is 0 Å². The molecule has 0 radical (unpaired) electrons. The van der Waals surface area contributed by atoms with Crippen molar-refractivity contribution in [3.8, 4) is 0 Å². The molecular formula is C13H28N2. The molecular weight excluding hydrogens is 184 g/mol. The molecule has 2 atom stereocenters. The Kier molecular flexibility index (Phi) is 5.07. The minimum Gasteiger partial charge on any atom is -0.311 e. The Morgan fingerprint density at radius 1 is 1.07 bits per heavy atom. The van der Waals surface area contributed by atoms with Gasteiger partial charge in [-0.3, -0.25) is 0 Å². The Bertz CT molecular complexity index is 171. The summed E-state index contributed by atoms with van der Waals surface area (Å²) in [5, 5.41) is 3.75. The van der Waals surface area contributed by atoms with Gasteiger partial charge in [-0.05, 0) is 58.7 Å². The molecule has 2 unspecified atom stereocenters. The van der Waals surface area contributed by atoms with Gasteiger partial charge in [-0.25, -0.2) is 0 Å². The maximum atomic E-state index is 3.75. The van der Waals surface area contributed by atoms with E-state index < -0.39 is 0 Å². The van der Waals surface area contributed by atoms with Crippen LogP contribution in [-0.2, 0) is 0 Å². The summed E-state index contributed by atoms with van der Waals surface area (Å²) in [6.45, 7) is 11.8. The summed E-state index contributed by atoms with van der Waals surface area (Å²) < 4.78 is 0. The normalized spacial score (nSPS) is 24.4. The van der Waals surface area contributed by atoms with Gasteiger partial charge in [0.1, 0.15) is 0 Å². The van der Waals surface area contributed by atoms with Crippen LogP contribution in [0.3, 0.4) is 0 Å². The van der Waals surface area contributed by atoms with Gasteiger partial charge in [-0.2, -0.15) is 0 Å². The van der Waals surface area contributed by atoms with Crippen LogP contribution < -0.4 is 5.32 Å². The van der Waals surface area contributed by atoms with E-state index in [1.807, 2.05) is 0 Å². The van der Waals surface area contributed by atoms with Gasteiger partial charge in [0.05, 0.1) is 0 Å². The van der Waals surface area contributed by atoms with Crippen molar-refractivity contribution >= 4 is 0 Å². The number of nitrogens with zero attached hydrogens (tertiary/aromatic N) is 1. The molecule has 1 aliphatic rings. The van der Waals surface area contributed by atoms with E-state index in [0.717, 1.165) is 11.8 Å². The van der Waals surface area contributed by atoms with Crippen LogP contribution in [-0.4, -0.2) is 37.1 Å². The lowest BCUT2D eigenvalue weighted by Gasteiger charge is -2.35. The second kappa shape index (κ2) is 5.86. The van der Waals surface area contributed by atoms with Crippen molar-refractivity contribution < 1.29 is 0 Å². The van der Waals surface area contributed by atoms with Gasteiger partial charge in [-0.15, -0.1) is 0 Å². The number of hydrogen-bond donors (Lipinski definition) is 1. The standard InChI is InChI=1S/C13H28N2/c1-10(2)11(3)14-12(4)13-6-8-15(5)9-7-13/h10-14H,6-9H2,1-5H3. The maximum Gasteiger partial charge on any atom is 0.00705 e. The van der Waals surface area contributed by atoms with Crippen LogP contribution in [0, 0.1) is 11.8 Å². The monoisotopic (exact) mass is 212 g/mol. The summed E-state index contributed by atoms with van der Waals surface area (Å²) >= 11 is 0. The molecule has 1 aliphatic heterocycles. The molecule has 0 aromatic carbocycles. The largest absolute Gasteiger partial charge is 0.311 e. The van der Waals surface area contributed by atoms with Crippen LogP contribution in [0.1, 0.15) is 40.5 Å². The van der Waals surface area contributed by atoms with E-state index in [0.29, 0.717) is 12.1 Å². The van der Waals surface area contributed by atoms with Gasteiger partial charge in [0.15, 0.2) is 0 Å². The second-order valence-electron chi connectivity index (χ2n) is 5.63. The zero-order valence-electron chi connectivity index (χ0n) is 11.1. The Labute approximate surface area is 95.4 Å². The molecule has 1 rings (SSSR count). The molecule has 90 valence electrons. The van der Waals surface area contributed by atoms with Crippen LogP contribution in [0.5, 0.6) is 0 Å². The van der Waals surface area contributed by atoms with Gasteiger partial charge in [0, 0.05) is 12.1 Å². The first-order chi connectivity index (χ1) is 7.00. The molecule has 0 aliphatic carbocycles. The topological polar surface area (TPSA) is 15.3 Å². The number of hydrogen-bond acceptors (Lipinski definition) is 2. The Morgan fingerprint density at radius 2 is 1.60 bits per heavy atom. The summed E-state index contributed by atoms with van der Waals surface area (Å²) in [4.78, 5) is 2.44. The third-order valence-corrected chi connectivity index (χ3v) is 4.00. The van der Waals surface area contributed by atoms with Crippen molar-refractivity contribution in [1.29, 1.82) is 0 Å². The fourth-order valence-electron chi connectivity index (χ4n) is 2.27. The molecule has 0 bridgehead atoms. The molecule has 0 saturated carbocycles. The van der Waals surface area contributed by atoms with Crippen LogP contribution >= 0.6 is 0 Å². The lowest BCUT2D eigenvalue weighted by atomic mass is 9.89. The second-order valence-corrected chi connectivity index (χ2v) is 5.63. The quantitative estimate of drug-likeness (QED) is 0.769. The van der Waals surface area contributed by atoms with Gasteiger partial charge in [0.2, 0.25) is 0 Å². The molecule has 1 N–H and O–H groups in total. The average molecular weight is 212 g/mol. The number of nitrogens with one attached hydrogen (secondary N) is 1. The fourth-order valence-corrected chi connectivity index (χ4v) is 2.27. The third-order valence-electron chi connectivity index (χ3n) is 4.00. The summed E-state index contributed by atoms with van der Waals surface area (Å²) in [5.41, 5.74) is 0. The lowest BCUT2D eigenvalue weighted by molar-refractivity contribution is 0.180. The minimum absolute atomic E-state index is 0.639. The number of piperidine rings is 1. The molecule has 1 fully saturated rings. The lowest BCUT2D eigenvalue weighted by Crippen LogP contribution is -2.45. The van der Waals surface area contributed by atoms with Gasteiger partial charge in [-0.1, -0.05) is 13.8 Å². The van der Waals surface area contributed by atoms with Crippen molar-refractivity contribution in [2.24, 2.45) is 11.8 Å². The van der Waals surface area contributed by atoms with Crippen molar-refractivity contribution in [3.05, 3.63) is 0 Å². The molecule has 0 spiro atoms. The van der Waals surface area contributed by atoms with Crippen LogP contribution in [0.25, 0.3) is 0 Å². The van der Waals surface area contributed by atoms with E-state index in [4.69, 9.17) is 0 Å². The van der Waals surface area contributed by atoms with Gasteiger partial charge < -0.3 is 10.2 Å². The molecule has 0 aromatic heterocycles. The Balaban J connectivity index is 2.30. The SMILES string of the molecule is CC(C)C(C)NC(C)C1CCN(C)CC1. The van der Waals surface area contributed by atoms with E-state index in [1.165, 1.54) is 25.9 Å². The summed E-state index contributed by atoms with van der Waals surface area (Å²) in [6, 6.07) is 1.32. The van der Waals surface area contributed by atoms with Crippen molar-refractivity contribution in [2.45, 2.75) is 52.6 Å². The number of rotatable bonds is 4. The first-order valence-electron chi connectivity index (χ1n) is 6.45. The molecule has 0 aromatic rings. The average Bonchev–Trinajstić information content (AvgIpc) is 2.18. The summed E-state index contributed by atoms with van der Waals surface area (Å²) in [7, 11) is 2.23. The van der Waals surface area contributed by atoms with E-state index in [-0.39, 0.29) is 0 Å². The first-order valence-corrected chi connectivity index (χ1v) is 6.45. The van der Waals surface area contributed by atoms with E-state index >= 15 is 0 Å². The predicted molar refractivity (Wildman–Crippen MR) is 67.1 cm³/mol. The molecule has 15 heavy (non-hydrogen) atoms. The first kappa shape index (κ1) is 13.0. The van der Waals surface area contributed by atoms with Crippen LogP contribution in [0.4, 0.5) is 0 Å². The van der Waals surface area contributed by atoms with Gasteiger partial charge >= 0.3 is 0 Å². The van der Waals surface area contributed by atoms with E-state index in [1.54, 1.807) is 0 Å². The summed E-state index contributed by atoms with van der Waals surface area (Å²) in [6.07, 6.45) is 2.71. The highest BCUT2D eigenvalue weighted by atomic mass is 15.1. The van der Waals surface area contributed by atoms with Crippen molar-refractivity contribution in [1.82, 2.24) is 10.2 Å². The third kappa shape index (κ3) is 4.12. The maximum absolute atomic E-state index is 3.75. The predicted octanol–water partition coefficient (Wildman–Crippen LogP) is 2.35. The van der Waals surface area contributed by atoms with Crippen LogP contribution in [0.2, 0.25) is 0 Å². The zero-order chi connectivity index (χ0) is 11.4. The molecule has 1 saturated heterocycles. The smallest absolute Gasteiger partial charge is 0.00705 e. The highest BCUT2D eigenvalue weighted by molar-refractivity contribution is 4.80. The highest BCUT2D eigenvalue weighted by Gasteiger charge is 2.23. The van der Waals surface area contributed by atoms with E-state index in [9.17, 15) is 0 Å². The highest BCUT2D eigenvalue weighted by Crippen LogP contribution is 2.20. The molecule has 1 heterocycles. The Morgan fingerprint density at radius 3 is 2.07 bits per heavy atom. The van der Waals surface area contributed by atoms with Crippen molar-refractivity contribution in [2.75, 3.05) is 20.1 Å². The summed E-state index contributed by atoms with van der Waals surface area (Å²) in [5.74, 6) is 1.61. The fraction of sp³-hybridized carbons (Fsp3) is 1.00.